The van der Waals surface area contributed by atoms with Crippen LogP contribution < -0.4 is 0 Å². The van der Waals surface area contributed by atoms with Gasteiger partial charge >= 0.3 is 6.01 Å². The highest BCUT2D eigenvalue weighted by Crippen LogP contribution is 2.21. The van der Waals surface area contributed by atoms with Crippen molar-refractivity contribution < 1.29 is 10.2 Å². The molecule has 2 aromatic rings. The molecule has 0 spiro atoms. The Morgan fingerprint density at radius 2 is 2.14 bits per heavy atom. The first kappa shape index (κ1) is 8.74. The number of hydrogen-bond acceptors (Lipinski definition) is 5. The van der Waals surface area contributed by atoms with Crippen molar-refractivity contribution in [3.05, 3.63) is 6.20 Å². The van der Waals surface area contributed by atoms with Crippen molar-refractivity contribution >= 4 is 11.0 Å². The first-order chi connectivity index (χ1) is 6.70. The van der Waals surface area contributed by atoms with Crippen LogP contribution in [0, 0.1) is 0 Å². The molecule has 14 heavy (non-hydrogen) atoms. The van der Waals surface area contributed by atoms with Crippen molar-refractivity contribution in [2.24, 2.45) is 0 Å². The Morgan fingerprint density at radius 1 is 1.36 bits per heavy atom. The second-order valence-corrected chi connectivity index (χ2v) is 2.98. The van der Waals surface area contributed by atoms with Crippen LogP contribution in [0.15, 0.2) is 6.20 Å². The maximum Gasteiger partial charge on any atom is 0.319 e. The van der Waals surface area contributed by atoms with Crippen molar-refractivity contribution in [2.75, 3.05) is 0 Å². The van der Waals surface area contributed by atoms with Crippen LogP contribution in [0.25, 0.3) is 11.0 Å². The smallest absolute Gasteiger partial charge is 0.319 e. The van der Waals surface area contributed by atoms with Crippen molar-refractivity contribution in [3.63, 3.8) is 0 Å². The SMILES string of the molecule is CCCn1cc2c(O)nc(O)nc2n1. The normalized spacial score (nSPS) is 10.9. The molecule has 0 unspecified atom stereocenters. The summed E-state index contributed by atoms with van der Waals surface area (Å²) in [6.07, 6.45) is 2.60. The number of rotatable bonds is 2. The average Bonchev–Trinajstić information content (AvgIpc) is 2.48. The molecule has 6 heteroatoms. The molecule has 0 bridgehead atoms. The van der Waals surface area contributed by atoms with Gasteiger partial charge in [-0.05, 0) is 6.42 Å². The molecule has 0 radical (unpaired) electrons. The lowest BCUT2D eigenvalue weighted by molar-refractivity contribution is 0.403. The molecule has 2 N–H and O–H groups in total. The van der Waals surface area contributed by atoms with Crippen LogP contribution >= 0.6 is 0 Å². The van der Waals surface area contributed by atoms with Crippen molar-refractivity contribution in [3.8, 4) is 11.9 Å². The molecule has 0 aliphatic heterocycles. The Kier molecular flexibility index (Phi) is 1.95. The number of aromatic hydroxyl groups is 2. The highest BCUT2D eigenvalue weighted by Gasteiger charge is 2.09. The van der Waals surface area contributed by atoms with Crippen LogP contribution in [0.4, 0.5) is 0 Å². The van der Waals surface area contributed by atoms with Gasteiger partial charge in [0.1, 0.15) is 5.39 Å². The molecule has 2 heterocycles. The lowest BCUT2D eigenvalue weighted by atomic mass is 10.4. The van der Waals surface area contributed by atoms with E-state index in [2.05, 4.69) is 15.1 Å². The van der Waals surface area contributed by atoms with E-state index < -0.39 is 6.01 Å². The fraction of sp³-hybridized carbons (Fsp3) is 0.375. The first-order valence-corrected chi connectivity index (χ1v) is 4.34. The van der Waals surface area contributed by atoms with E-state index in [0.717, 1.165) is 13.0 Å². The molecule has 74 valence electrons. The third-order valence-corrected chi connectivity index (χ3v) is 1.85. The molecular weight excluding hydrogens is 184 g/mol. The van der Waals surface area contributed by atoms with Crippen molar-refractivity contribution in [1.82, 2.24) is 19.7 Å². The zero-order valence-corrected chi connectivity index (χ0v) is 7.67. The van der Waals surface area contributed by atoms with Gasteiger partial charge in [0.15, 0.2) is 5.65 Å². The Labute approximate surface area is 79.8 Å². The summed E-state index contributed by atoms with van der Waals surface area (Å²) >= 11 is 0. The van der Waals surface area contributed by atoms with Crippen LogP contribution in [0.3, 0.4) is 0 Å². The standard InChI is InChI=1S/C8H10N4O2/c1-2-3-12-4-5-6(11-12)9-8(14)10-7(5)13/h4H,2-3H2,1H3,(H2,9,10,11,13,14). The lowest BCUT2D eigenvalue weighted by Crippen LogP contribution is -1.96. The van der Waals surface area contributed by atoms with E-state index in [1.54, 1.807) is 10.9 Å². The number of nitrogens with zero attached hydrogens (tertiary/aromatic N) is 4. The molecule has 0 aliphatic rings. The zero-order chi connectivity index (χ0) is 10.1. The van der Waals surface area contributed by atoms with E-state index in [0.29, 0.717) is 11.0 Å². The predicted octanol–water partition coefficient (Wildman–Crippen LogP) is 0.647. The van der Waals surface area contributed by atoms with Gasteiger partial charge in [-0.2, -0.15) is 15.1 Å². The molecule has 0 amide bonds. The highest BCUT2D eigenvalue weighted by molar-refractivity contribution is 5.79. The van der Waals surface area contributed by atoms with E-state index in [4.69, 9.17) is 5.11 Å². The fourth-order valence-corrected chi connectivity index (χ4v) is 1.27. The Bertz CT molecular complexity index is 466. The molecule has 0 aliphatic carbocycles. The largest absolute Gasteiger partial charge is 0.493 e. The summed E-state index contributed by atoms with van der Waals surface area (Å²) in [5.74, 6) is -0.241. The molecule has 0 aromatic carbocycles. The summed E-state index contributed by atoms with van der Waals surface area (Å²) in [5.41, 5.74) is 0.309. The molecule has 0 fully saturated rings. The van der Waals surface area contributed by atoms with Gasteiger partial charge in [0.25, 0.3) is 0 Å². The molecule has 0 saturated heterocycles. The second-order valence-electron chi connectivity index (χ2n) is 2.98. The quantitative estimate of drug-likeness (QED) is 0.733. The molecule has 6 nitrogen and oxygen atoms in total. The van der Waals surface area contributed by atoms with E-state index in [1.807, 2.05) is 6.92 Å². The molecule has 2 aromatic heterocycles. The Balaban J connectivity index is 2.58. The molecule has 0 saturated carbocycles. The van der Waals surface area contributed by atoms with Crippen molar-refractivity contribution in [2.45, 2.75) is 19.9 Å². The Hall–Kier alpha value is -1.85. The predicted molar refractivity (Wildman–Crippen MR) is 48.9 cm³/mol. The van der Waals surface area contributed by atoms with Gasteiger partial charge in [0, 0.05) is 12.7 Å². The second kappa shape index (κ2) is 3.13. The average molecular weight is 194 g/mol. The van der Waals surface area contributed by atoms with Crippen LogP contribution in [0.2, 0.25) is 0 Å². The van der Waals surface area contributed by atoms with E-state index in [9.17, 15) is 5.11 Å². The number of hydrogen-bond donors (Lipinski definition) is 2. The third-order valence-electron chi connectivity index (χ3n) is 1.85. The van der Waals surface area contributed by atoms with Crippen LogP contribution in [-0.2, 0) is 6.54 Å². The minimum Gasteiger partial charge on any atom is -0.493 e. The van der Waals surface area contributed by atoms with Crippen LogP contribution in [0.5, 0.6) is 11.9 Å². The number of aromatic nitrogens is 4. The van der Waals surface area contributed by atoms with Gasteiger partial charge in [-0.15, -0.1) is 0 Å². The van der Waals surface area contributed by atoms with Gasteiger partial charge in [-0.1, -0.05) is 6.92 Å². The van der Waals surface area contributed by atoms with E-state index >= 15 is 0 Å². The summed E-state index contributed by atoms with van der Waals surface area (Å²) in [4.78, 5) is 7.11. The van der Waals surface area contributed by atoms with Gasteiger partial charge in [0.05, 0.1) is 0 Å². The summed E-state index contributed by atoms with van der Waals surface area (Å²) in [7, 11) is 0. The first-order valence-electron chi connectivity index (χ1n) is 4.34. The van der Waals surface area contributed by atoms with Gasteiger partial charge in [0.2, 0.25) is 5.88 Å². The van der Waals surface area contributed by atoms with Gasteiger partial charge < -0.3 is 10.2 Å². The summed E-state index contributed by atoms with van der Waals surface area (Å²) in [6.45, 7) is 2.77. The molecule has 2 rings (SSSR count). The highest BCUT2D eigenvalue weighted by atomic mass is 16.3. The van der Waals surface area contributed by atoms with Gasteiger partial charge in [-0.25, -0.2) is 0 Å². The summed E-state index contributed by atoms with van der Waals surface area (Å²) in [6, 6.07) is -0.461. The molecular formula is C8H10N4O2. The molecule has 0 atom stereocenters. The third kappa shape index (κ3) is 1.34. The maximum absolute atomic E-state index is 9.37. The lowest BCUT2D eigenvalue weighted by Gasteiger charge is -1.92. The zero-order valence-electron chi connectivity index (χ0n) is 7.67. The topological polar surface area (TPSA) is 84.1 Å². The van der Waals surface area contributed by atoms with Crippen molar-refractivity contribution in [1.29, 1.82) is 0 Å². The fourth-order valence-electron chi connectivity index (χ4n) is 1.27. The van der Waals surface area contributed by atoms with E-state index in [1.165, 1.54) is 0 Å². The van der Waals surface area contributed by atoms with Gasteiger partial charge in [-0.3, -0.25) is 4.68 Å². The minimum absolute atomic E-state index is 0.241. The Morgan fingerprint density at radius 3 is 2.86 bits per heavy atom. The maximum atomic E-state index is 9.37. The number of aryl methyl sites for hydroxylation is 1. The monoisotopic (exact) mass is 194 g/mol. The van der Waals surface area contributed by atoms with E-state index in [-0.39, 0.29) is 5.88 Å². The van der Waals surface area contributed by atoms with Crippen LogP contribution in [0.1, 0.15) is 13.3 Å². The van der Waals surface area contributed by atoms with Crippen LogP contribution in [-0.4, -0.2) is 30.0 Å². The summed E-state index contributed by atoms with van der Waals surface area (Å²) in [5, 5.41) is 22.9. The number of fused-ring (bicyclic) bond motifs is 1. The minimum atomic E-state index is -0.461. The summed E-state index contributed by atoms with van der Waals surface area (Å²) < 4.78 is 1.67.